The van der Waals surface area contributed by atoms with Crippen LogP contribution < -0.4 is 0 Å². The van der Waals surface area contributed by atoms with Crippen LogP contribution in [-0.4, -0.2) is 45.7 Å². The molecule has 0 aliphatic carbocycles. The number of rotatable bonds is 5. The molecule has 1 N–H and O–H groups in total. The van der Waals surface area contributed by atoms with E-state index in [0.717, 1.165) is 49.4 Å². The molecule has 0 amide bonds. The van der Waals surface area contributed by atoms with Crippen LogP contribution in [0.2, 0.25) is 0 Å². The summed E-state index contributed by atoms with van der Waals surface area (Å²) in [7, 11) is 0. The first-order valence-electron chi connectivity index (χ1n) is 7.25. The van der Waals surface area contributed by atoms with Crippen molar-refractivity contribution in [3.8, 4) is 0 Å². The Balaban J connectivity index is 1.86. The van der Waals surface area contributed by atoms with Crippen LogP contribution in [0.25, 0.3) is 0 Å². The topological polar surface area (TPSA) is 23.5 Å². The van der Waals surface area contributed by atoms with Gasteiger partial charge in [-0.15, -0.1) is 0 Å². The van der Waals surface area contributed by atoms with Crippen LogP contribution in [0.15, 0.2) is 0 Å². The molecule has 2 aliphatic rings. The van der Waals surface area contributed by atoms with Gasteiger partial charge in [0, 0.05) is 17.0 Å². The number of aliphatic hydroxyl groups is 1. The Morgan fingerprint density at radius 1 is 1.18 bits per heavy atom. The van der Waals surface area contributed by atoms with Crippen LogP contribution in [0.3, 0.4) is 0 Å². The van der Waals surface area contributed by atoms with Crippen molar-refractivity contribution in [1.29, 1.82) is 0 Å². The van der Waals surface area contributed by atoms with Crippen LogP contribution >= 0.6 is 11.8 Å². The zero-order chi connectivity index (χ0) is 12.3. The van der Waals surface area contributed by atoms with Crippen molar-refractivity contribution in [2.45, 2.75) is 68.5 Å². The first-order valence-corrected chi connectivity index (χ1v) is 8.19. The van der Waals surface area contributed by atoms with Gasteiger partial charge < -0.3 is 10.0 Å². The van der Waals surface area contributed by atoms with Crippen molar-refractivity contribution >= 4 is 11.8 Å². The van der Waals surface area contributed by atoms with E-state index in [1.807, 2.05) is 0 Å². The smallest absolute Gasteiger partial charge is 0.0681 e. The highest BCUT2D eigenvalue weighted by Gasteiger charge is 2.41. The van der Waals surface area contributed by atoms with E-state index in [1.54, 1.807) is 0 Å². The van der Waals surface area contributed by atoms with Gasteiger partial charge in [0.2, 0.25) is 0 Å². The van der Waals surface area contributed by atoms with E-state index in [9.17, 15) is 5.11 Å². The molecule has 2 unspecified atom stereocenters. The molecule has 3 heteroatoms. The van der Waals surface area contributed by atoms with E-state index in [-0.39, 0.29) is 5.60 Å². The molecule has 2 saturated heterocycles. The second-order valence-electron chi connectivity index (χ2n) is 5.72. The Bertz CT molecular complexity index is 230. The molecule has 2 nitrogen and oxygen atoms in total. The maximum absolute atomic E-state index is 10.8. The lowest BCUT2D eigenvalue weighted by molar-refractivity contribution is -0.00294. The Labute approximate surface area is 110 Å². The van der Waals surface area contributed by atoms with E-state index in [0.29, 0.717) is 0 Å². The Hall–Kier alpha value is 0.270. The third-order valence-corrected chi connectivity index (χ3v) is 6.01. The van der Waals surface area contributed by atoms with Crippen LogP contribution in [0, 0.1) is 0 Å². The number of nitrogens with zero attached hydrogens (tertiary/aromatic N) is 1. The normalized spacial score (nSPS) is 37.4. The summed E-state index contributed by atoms with van der Waals surface area (Å²) >= 11 is 2.15. The maximum atomic E-state index is 10.8. The largest absolute Gasteiger partial charge is 0.390 e. The SMILES string of the molecule is CCN(CC)CCC1(O)CC2CCCC(C1)S2. The molecule has 100 valence electrons. The molecule has 2 aliphatic heterocycles. The highest BCUT2D eigenvalue weighted by atomic mass is 32.2. The fraction of sp³-hybridized carbons (Fsp3) is 1.00. The van der Waals surface area contributed by atoms with Gasteiger partial charge in [-0.05, 0) is 45.2 Å². The predicted octanol–water partition coefficient (Wildman–Crippen LogP) is 2.90. The van der Waals surface area contributed by atoms with Crippen molar-refractivity contribution in [2.24, 2.45) is 0 Å². The summed E-state index contributed by atoms with van der Waals surface area (Å²) in [6.07, 6.45) is 7.09. The zero-order valence-electron chi connectivity index (χ0n) is 11.3. The molecule has 0 aromatic rings. The minimum Gasteiger partial charge on any atom is -0.390 e. The number of hydrogen-bond acceptors (Lipinski definition) is 3. The summed E-state index contributed by atoms with van der Waals surface area (Å²) in [6.45, 7) is 7.69. The van der Waals surface area contributed by atoms with Crippen LogP contribution in [0.5, 0.6) is 0 Å². The summed E-state index contributed by atoms with van der Waals surface area (Å²) in [5, 5.41) is 12.3. The molecule has 2 rings (SSSR count). The van der Waals surface area contributed by atoms with Gasteiger partial charge in [-0.2, -0.15) is 11.8 Å². The van der Waals surface area contributed by atoms with Crippen LogP contribution in [-0.2, 0) is 0 Å². The molecular formula is C14H27NOS. The number of hydrogen-bond donors (Lipinski definition) is 1. The monoisotopic (exact) mass is 257 g/mol. The Kier molecular flexibility index (Phi) is 4.79. The predicted molar refractivity (Wildman–Crippen MR) is 75.6 cm³/mol. The standard InChI is InChI=1S/C14H27NOS/c1-3-15(4-2)9-8-14(16)10-12-6-5-7-13(11-14)17-12/h12-13,16H,3-11H2,1-2H3. The average Bonchev–Trinajstić information content (AvgIpc) is 2.29. The summed E-state index contributed by atoms with van der Waals surface area (Å²) in [6, 6.07) is 0. The minimum absolute atomic E-state index is 0.358. The molecule has 0 radical (unpaired) electrons. The molecule has 0 spiro atoms. The highest BCUT2D eigenvalue weighted by molar-refractivity contribution is 8.00. The molecule has 17 heavy (non-hydrogen) atoms. The minimum atomic E-state index is -0.358. The van der Waals surface area contributed by atoms with Gasteiger partial charge >= 0.3 is 0 Å². The molecule has 0 saturated carbocycles. The second kappa shape index (κ2) is 5.94. The molecule has 2 heterocycles. The summed E-state index contributed by atoms with van der Waals surface area (Å²) < 4.78 is 0. The van der Waals surface area contributed by atoms with Crippen molar-refractivity contribution in [2.75, 3.05) is 19.6 Å². The fourth-order valence-electron chi connectivity index (χ4n) is 3.32. The quantitative estimate of drug-likeness (QED) is 0.819. The van der Waals surface area contributed by atoms with Gasteiger partial charge in [-0.25, -0.2) is 0 Å². The molecule has 2 bridgehead atoms. The Morgan fingerprint density at radius 3 is 2.29 bits per heavy atom. The number of fused-ring (bicyclic) bond motifs is 2. The summed E-state index contributed by atoms with van der Waals surface area (Å²) in [4.78, 5) is 2.43. The van der Waals surface area contributed by atoms with Crippen LogP contribution in [0.4, 0.5) is 0 Å². The molecule has 0 aromatic heterocycles. The molecule has 2 atom stereocenters. The van der Waals surface area contributed by atoms with Gasteiger partial charge in [0.25, 0.3) is 0 Å². The van der Waals surface area contributed by atoms with E-state index < -0.39 is 0 Å². The van der Waals surface area contributed by atoms with Gasteiger partial charge in [0.05, 0.1) is 5.60 Å². The first kappa shape index (κ1) is 13.7. The van der Waals surface area contributed by atoms with Crippen molar-refractivity contribution < 1.29 is 5.11 Å². The molecule has 2 fully saturated rings. The van der Waals surface area contributed by atoms with Gasteiger partial charge in [-0.3, -0.25) is 0 Å². The maximum Gasteiger partial charge on any atom is 0.0681 e. The molecule has 0 aromatic carbocycles. The fourth-order valence-corrected chi connectivity index (χ4v) is 5.29. The second-order valence-corrected chi connectivity index (χ2v) is 7.33. The summed E-state index contributed by atoms with van der Waals surface area (Å²) in [5.74, 6) is 0. The lowest BCUT2D eigenvalue weighted by Gasteiger charge is -2.44. The van der Waals surface area contributed by atoms with E-state index >= 15 is 0 Å². The Morgan fingerprint density at radius 2 is 1.76 bits per heavy atom. The molecular weight excluding hydrogens is 230 g/mol. The lowest BCUT2D eigenvalue weighted by Crippen LogP contribution is -2.44. The van der Waals surface area contributed by atoms with E-state index in [2.05, 4.69) is 30.5 Å². The third-order valence-electron chi connectivity index (χ3n) is 4.44. The van der Waals surface area contributed by atoms with Gasteiger partial charge in [0.1, 0.15) is 0 Å². The summed E-state index contributed by atoms with van der Waals surface area (Å²) in [5.41, 5.74) is -0.358. The van der Waals surface area contributed by atoms with Crippen molar-refractivity contribution in [3.05, 3.63) is 0 Å². The third kappa shape index (κ3) is 3.62. The number of thioether (sulfide) groups is 1. The highest BCUT2D eigenvalue weighted by Crippen LogP contribution is 2.46. The zero-order valence-corrected chi connectivity index (χ0v) is 12.1. The average molecular weight is 257 g/mol. The van der Waals surface area contributed by atoms with Gasteiger partial charge in [-0.1, -0.05) is 20.3 Å². The van der Waals surface area contributed by atoms with Crippen molar-refractivity contribution in [1.82, 2.24) is 4.90 Å². The van der Waals surface area contributed by atoms with Gasteiger partial charge in [0.15, 0.2) is 0 Å². The van der Waals surface area contributed by atoms with Crippen LogP contribution in [0.1, 0.15) is 52.4 Å². The van der Waals surface area contributed by atoms with Crippen molar-refractivity contribution in [3.63, 3.8) is 0 Å². The lowest BCUT2D eigenvalue weighted by atomic mass is 9.83. The van der Waals surface area contributed by atoms with E-state index in [4.69, 9.17) is 0 Å². The first-order chi connectivity index (χ1) is 8.15. The van der Waals surface area contributed by atoms with E-state index in [1.165, 1.54) is 19.3 Å².